The molecule has 0 fully saturated rings. The molecule has 0 spiro atoms. The Balaban J connectivity index is 1.98. The number of nitrogens with one attached hydrogen (secondary N) is 2. The molecule has 0 aliphatic rings. The zero-order chi connectivity index (χ0) is 18.5. The van der Waals surface area contributed by atoms with Gasteiger partial charge < -0.3 is 10.6 Å². The minimum absolute atomic E-state index is 0.316. The fraction of sp³-hybridized carbons (Fsp3) is 0.0952. The highest BCUT2D eigenvalue weighted by Crippen LogP contribution is 2.26. The van der Waals surface area contributed by atoms with E-state index in [9.17, 15) is 10.5 Å². The summed E-state index contributed by atoms with van der Waals surface area (Å²) in [6, 6.07) is 21.3. The first-order chi connectivity index (χ1) is 12.6. The lowest BCUT2D eigenvalue weighted by Crippen LogP contribution is -2.03. The highest BCUT2D eigenvalue weighted by Gasteiger charge is 2.12. The number of nitriles is 2. The van der Waals surface area contributed by atoms with Crippen molar-refractivity contribution in [3.8, 4) is 12.1 Å². The summed E-state index contributed by atoms with van der Waals surface area (Å²) in [5, 5.41) is 25.1. The van der Waals surface area contributed by atoms with Crippen molar-refractivity contribution in [1.29, 1.82) is 10.5 Å². The first-order valence-electron chi connectivity index (χ1n) is 8.11. The fourth-order valence-electron chi connectivity index (χ4n) is 2.42. The van der Waals surface area contributed by atoms with E-state index >= 15 is 0 Å². The summed E-state index contributed by atoms with van der Waals surface area (Å²) < 4.78 is 0. The summed E-state index contributed by atoms with van der Waals surface area (Å²) in [4.78, 5) is 4.48. The molecule has 3 aromatic rings. The maximum absolute atomic E-state index is 9.41. The lowest BCUT2D eigenvalue weighted by Gasteiger charge is -2.13. The van der Waals surface area contributed by atoms with E-state index in [0.29, 0.717) is 22.8 Å². The maximum Gasteiger partial charge on any atom is 0.150 e. The Hall–Kier alpha value is -3.83. The molecular weight excluding hydrogens is 322 g/mol. The molecule has 0 saturated heterocycles. The van der Waals surface area contributed by atoms with Crippen LogP contribution in [0.5, 0.6) is 0 Å². The van der Waals surface area contributed by atoms with Gasteiger partial charge in [0, 0.05) is 11.4 Å². The molecule has 0 aliphatic carbocycles. The van der Waals surface area contributed by atoms with Crippen LogP contribution in [0.15, 0.2) is 54.6 Å². The molecule has 2 N–H and O–H groups in total. The maximum atomic E-state index is 9.41. The Morgan fingerprint density at radius 3 is 1.42 bits per heavy atom. The van der Waals surface area contributed by atoms with Crippen LogP contribution < -0.4 is 10.6 Å². The highest BCUT2D eigenvalue weighted by atomic mass is 15.1. The van der Waals surface area contributed by atoms with E-state index < -0.39 is 0 Å². The van der Waals surface area contributed by atoms with Crippen molar-refractivity contribution in [2.75, 3.05) is 10.6 Å². The van der Waals surface area contributed by atoms with Gasteiger partial charge in [0.1, 0.15) is 12.1 Å². The van der Waals surface area contributed by atoms with Gasteiger partial charge in [0.2, 0.25) is 0 Å². The number of rotatable bonds is 4. The number of anilines is 4. The Labute approximate surface area is 152 Å². The van der Waals surface area contributed by atoms with Crippen molar-refractivity contribution in [3.63, 3.8) is 0 Å². The molecule has 0 bridgehead atoms. The van der Waals surface area contributed by atoms with Crippen molar-refractivity contribution in [2.45, 2.75) is 13.8 Å². The molecule has 0 atom stereocenters. The van der Waals surface area contributed by atoms with Gasteiger partial charge >= 0.3 is 0 Å². The number of aromatic nitrogens is 1. The second-order valence-electron chi connectivity index (χ2n) is 5.99. The number of benzene rings is 2. The van der Waals surface area contributed by atoms with Crippen molar-refractivity contribution in [3.05, 3.63) is 76.9 Å². The van der Waals surface area contributed by atoms with Gasteiger partial charge in [-0.05, 0) is 44.2 Å². The Morgan fingerprint density at radius 2 is 1.08 bits per heavy atom. The molecule has 0 saturated carbocycles. The molecule has 1 heterocycles. The molecule has 0 aliphatic heterocycles. The third-order valence-corrected chi connectivity index (χ3v) is 3.89. The third kappa shape index (κ3) is 3.80. The summed E-state index contributed by atoms with van der Waals surface area (Å²) in [7, 11) is 0. The van der Waals surface area contributed by atoms with E-state index in [0.717, 1.165) is 22.5 Å². The van der Waals surface area contributed by atoms with E-state index in [1.807, 2.05) is 62.4 Å². The smallest absolute Gasteiger partial charge is 0.150 e. The number of hydrogen-bond acceptors (Lipinski definition) is 5. The Kier molecular flexibility index (Phi) is 4.83. The summed E-state index contributed by atoms with van der Waals surface area (Å²) in [5.74, 6) is 0.815. The third-order valence-electron chi connectivity index (χ3n) is 3.89. The summed E-state index contributed by atoms with van der Waals surface area (Å²) in [5.41, 5.74) is 4.57. The van der Waals surface area contributed by atoms with Crippen LogP contribution in [0.4, 0.5) is 23.0 Å². The number of nitrogens with zero attached hydrogens (tertiary/aromatic N) is 3. The summed E-state index contributed by atoms with van der Waals surface area (Å²) in [6.07, 6.45) is 0. The van der Waals surface area contributed by atoms with Crippen LogP contribution >= 0.6 is 0 Å². The molecule has 5 nitrogen and oxygen atoms in total. The largest absolute Gasteiger partial charge is 0.339 e. The lowest BCUT2D eigenvalue weighted by atomic mass is 10.1. The lowest BCUT2D eigenvalue weighted by molar-refractivity contribution is 1.25. The van der Waals surface area contributed by atoms with Crippen LogP contribution in [0.1, 0.15) is 22.3 Å². The average molecular weight is 339 g/mol. The Bertz CT molecular complexity index is 926. The van der Waals surface area contributed by atoms with Crippen LogP contribution in [0.3, 0.4) is 0 Å². The molecular formula is C21H17N5. The second-order valence-corrected chi connectivity index (χ2v) is 5.99. The number of aryl methyl sites for hydroxylation is 2. The molecule has 1 aromatic heterocycles. The number of hydrogen-bond donors (Lipinski definition) is 2. The van der Waals surface area contributed by atoms with Gasteiger partial charge in [0.05, 0.1) is 11.1 Å². The molecule has 0 unspecified atom stereocenters. The Morgan fingerprint density at radius 1 is 0.692 bits per heavy atom. The predicted molar refractivity (Wildman–Crippen MR) is 103 cm³/mol. The van der Waals surface area contributed by atoms with E-state index in [2.05, 4.69) is 27.8 Å². The van der Waals surface area contributed by atoms with Gasteiger partial charge in [-0.3, -0.25) is 0 Å². The zero-order valence-electron chi connectivity index (χ0n) is 14.5. The van der Waals surface area contributed by atoms with Crippen LogP contribution in [-0.2, 0) is 0 Å². The SMILES string of the molecule is Cc1ccc(Nc2nc(Nc3ccc(C)cc3)c(C#N)cc2C#N)cc1. The quantitative estimate of drug-likeness (QED) is 0.704. The van der Waals surface area contributed by atoms with Crippen molar-refractivity contribution >= 4 is 23.0 Å². The zero-order valence-corrected chi connectivity index (χ0v) is 14.5. The van der Waals surface area contributed by atoms with E-state index in [-0.39, 0.29) is 0 Å². The molecule has 0 amide bonds. The van der Waals surface area contributed by atoms with E-state index in [4.69, 9.17) is 0 Å². The summed E-state index contributed by atoms with van der Waals surface area (Å²) >= 11 is 0. The molecule has 126 valence electrons. The molecule has 26 heavy (non-hydrogen) atoms. The first kappa shape index (κ1) is 17.0. The summed E-state index contributed by atoms with van der Waals surface area (Å²) in [6.45, 7) is 4.02. The second kappa shape index (κ2) is 7.38. The van der Waals surface area contributed by atoms with Gasteiger partial charge in [0.25, 0.3) is 0 Å². The van der Waals surface area contributed by atoms with Crippen molar-refractivity contribution in [2.24, 2.45) is 0 Å². The number of pyridine rings is 1. The highest BCUT2D eigenvalue weighted by molar-refractivity contribution is 5.71. The van der Waals surface area contributed by atoms with Crippen LogP contribution in [0, 0.1) is 36.5 Å². The minimum atomic E-state index is 0.316. The molecule has 3 rings (SSSR count). The molecule has 2 aromatic carbocycles. The first-order valence-corrected chi connectivity index (χ1v) is 8.11. The van der Waals surface area contributed by atoms with Crippen molar-refractivity contribution in [1.82, 2.24) is 4.98 Å². The van der Waals surface area contributed by atoms with Crippen LogP contribution in [0.2, 0.25) is 0 Å². The standard InChI is InChI=1S/C21H17N5/c1-14-3-7-18(8-4-14)24-20-16(12-22)11-17(13-23)21(26-20)25-19-9-5-15(2)6-10-19/h3-11H,1-2H3,(H2,24,25,26). The predicted octanol–water partition coefficient (Wildman–Crippen LogP) is 4.93. The topological polar surface area (TPSA) is 84.5 Å². The normalized spacial score (nSPS) is 9.85. The van der Waals surface area contributed by atoms with Gasteiger partial charge in [-0.25, -0.2) is 4.98 Å². The van der Waals surface area contributed by atoms with Gasteiger partial charge in [0.15, 0.2) is 11.6 Å². The van der Waals surface area contributed by atoms with Gasteiger partial charge in [-0.15, -0.1) is 0 Å². The van der Waals surface area contributed by atoms with Crippen molar-refractivity contribution < 1.29 is 0 Å². The van der Waals surface area contributed by atoms with Gasteiger partial charge in [-0.2, -0.15) is 10.5 Å². The van der Waals surface area contributed by atoms with E-state index in [1.165, 1.54) is 0 Å². The molecule has 5 heteroatoms. The monoisotopic (exact) mass is 339 g/mol. The minimum Gasteiger partial charge on any atom is -0.339 e. The van der Waals surface area contributed by atoms with Crippen LogP contribution in [-0.4, -0.2) is 4.98 Å². The molecule has 0 radical (unpaired) electrons. The fourth-order valence-corrected chi connectivity index (χ4v) is 2.42. The van der Waals surface area contributed by atoms with Crippen LogP contribution in [0.25, 0.3) is 0 Å². The van der Waals surface area contributed by atoms with Gasteiger partial charge in [-0.1, -0.05) is 35.4 Å². The van der Waals surface area contributed by atoms with E-state index in [1.54, 1.807) is 6.07 Å². The average Bonchev–Trinajstić information content (AvgIpc) is 2.65.